The largest absolute Gasteiger partial charge is 0.455 e. The number of para-hydroxylation sites is 1. The maximum absolute atomic E-state index is 5.99. The van der Waals surface area contributed by atoms with Crippen molar-refractivity contribution in [2.45, 2.75) is 13.5 Å². The van der Waals surface area contributed by atoms with Crippen LogP contribution >= 0.6 is 0 Å². The number of rotatable bonds is 5. The number of hydrogen-bond acceptors (Lipinski definition) is 4. The molecule has 4 heteroatoms. The molecule has 0 aliphatic carbocycles. The van der Waals surface area contributed by atoms with Crippen LogP contribution in [0.2, 0.25) is 0 Å². The molecular formula is C18H23N3O. The lowest BCUT2D eigenvalue weighted by Crippen LogP contribution is -2.45. The Bertz CT molecular complexity index is 580. The van der Waals surface area contributed by atoms with Crippen LogP contribution in [-0.2, 0) is 6.54 Å². The molecular weight excluding hydrogens is 274 g/mol. The summed E-state index contributed by atoms with van der Waals surface area (Å²) in [6.45, 7) is 8.86. The molecule has 0 radical (unpaired) electrons. The first kappa shape index (κ1) is 15.0. The van der Waals surface area contributed by atoms with Gasteiger partial charge in [0.25, 0.3) is 0 Å². The van der Waals surface area contributed by atoms with Gasteiger partial charge in [-0.1, -0.05) is 25.1 Å². The maximum atomic E-state index is 5.99. The molecule has 0 amide bonds. The van der Waals surface area contributed by atoms with Gasteiger partial charge in [0.15, 0.2) is 0 Å². The number of benzene rings is 1. The lowest BCUT2D eigenvalue weighted by Gasteiger charge is -2.34. The fourth-order valence-corrected chi connectivity index (χ4v) is 2.77. The van der Waals surface area contributed by atoms with Crippen LogP contribution in [0.3, 0.4) is 0 Å². The van der Waals surface area contributed by atoms with Crippen molar-refractivity contribution in [3.8, 4) is 11.5 Å². The molecule has 1 aromatic heterocycles. The molecule has 2 heterocycles. The van der Waals surface area contributed by atoms with Crippen LogP contribution in [0.5, 0.6) is 11.5 Å². The molecule has 0 saturated carbocycles. The van der Waals surface area contributed by atoms with Crippen LogP contribution in [0.25, 0.3) is 0 Å². The Morgan fingerprint density at radius 1 is 1.00 bits per heavy atom. The highest BCUT2D eigenvalue weighted by Gasteiger charge is 2.17. The molecule has 0 spiro atoms. The van der Waals surface area contributed by atoms with Gasteiger partial charge in [-0.25, -0.2) is 0 Å². The van der Waals surface area contributed by atoms with E-state index in [9.17, 15) is 0 Å². The molecule has 1 aliphatic rings. The average Bonchev–Trinajstić information content (AvgIpc) is 2.58. The fourth-order valence-electron chi connectivity index (χ4n) is 2.77. The van der Waals surface area contributed by atoms with Gasteiger partial charge in [0, 0.05) is 44.5 Å². The molecule has 4 nitrogen and oxygen atoms in total. The van der Waals surface area contributed by atoms with Crippen molar-refractivity contribution >= 4 is 0 Å². The minimum absolute atomic E-state index is 0.783. The quantitative estimate of drug-likeness (QED) is 0.848. The van der Waals surface area contributed by atoms with Gasteiger partial charge in [0.1, 0.15) is 11.5 Å². The molecule has 22 heavy (non-hydrogen) atoms. The molecule has 0 N–H and O–H groups in total. The van der Waals surface area contributed by atoms with Crippen LogP contribution in [0.4, 0.5) is 0 Å². The van der Waals surface area contributed by atoms with Crippen LogP contribution in [-0.4, -0.2) is 47.5 Å². The lowest BCUT2D eigenvalue weighted by molar-refractivity contribution is 0.131. The smallest absolute Gasteiger partial charge is 0.145 e. The normalized spacial score (nSPS) is 16.6. The van der Waals surface area contributed by atoms with Gasteiger partial charge in [0.2, 0.25) is 0 Å². The summed E-state index contributed by atoms with van der Waals surface area (Å²) in [5, 5.41) is 0. The molecule has 2 aromatic rings. The Labute approximate surface area is 132 Å². The summed E-state index contributed by atoms with van der Waals surface area (Å²) in [5.41, 5.74) is 1.23. The van der Waals surface area contributed by atoms with Crippen molar-refractivity contribution in [2.24, 2.45) is 0 Å². The molecule has 0 bridgehead atoms. The topological polar surface area (TPSA) is 28.6 Å². The number of ether oxygens (including phenoxy) is 1. The standard InChI is InChI=1S/C18H23N3O/c1-2-20-10-12-21(13-11-20)15-16-6-3-4-8-18(16)22-17-7-5-9-19-14-17/h3-9,14H,2,10-13,15H2,1H3. The maximum Gasteiger partial charge on any atom is 0.145 e. The second kappa shape index (κ2) is 7.38. The van der Waals surface area contributed by atoms with E-state index < -0.39 is 0 Å². The van der Waals surface area contributed by atoms with E-state index in [0.717, 1.165) is 50.8 Å². The van der Waals surface area contributed by atoms with Crippen LogP contribution in [0, 0.1) is 0 Å². The summed E-state index contributed by atoms with van der Waals surface area (Å²) in [7, 11) is 0. The summed E-state index contributed by atoms with van der Waals surface area (Å²) in [5.74, 6) is 1.71. The number of nitrogens with zero attached hydrogens (tertiary/aromatic N) is 3. The van der Waals surface area contributed by atoms with Crippen molar-refractivity contribution in [2.75, 3.05) is 32.7 Å². The predicted molar refractivity (Wildman–Crippen MR) is 88.1 cm³/mol. The summed E-state index contributed by atoms with van der Waals surface area (Å²) < 4.78 is 5.99. The van der Waals surface area contributed by atoms with Gasteiger partial charge >= 0.3 is 0 Å². The highest BCUT2D eigenvalue weighted by molar-refractivity contribution is 5.37. The summed E-state index contributed by atoms with van der Waals surface area (Å²) in [6, 6.07) is 12.1. The predicted octanol–water partition coefficient (Wildman–Crippen LogP) is 3.01. The second-order valence-corrected chi connectivity index (χ2v) is 5.61. The SMILES string of the molecule is CCN1CCN(Cc2ccccc2Oc2cccnc2)CC1. The highest BCUT2D eigenvalue weighted by Crippen LogP contribution is 2.25. The first-order chi connectivity index (χ1) is 10.8. The Hall–Kier alpha value is -1.91. The second-order valence-electron chi connectivity index (χ2n) is 5.61. The Kier molecular flexibility index (Phi) is 5.03. The Morgan fingerprint density at radius 3 is 2.50 bits per heavy atom. The van der Waals surface area contributed by atoms with Gasteiger partial charge in [-0.2, -0.15) is 0 Å². The van der Waals surface area contributed by atoms with Gasteiger partial charge in [-0.05, 0) is 24.7 Å². The number of piperazine rings is 1. The van der Waals surface area contributed by atoms with E-state index in [0.29, 0.717) is 0 Å². The summed E-state index contributed by atoms with van der Waals surface area (Å²) in [6.07, 6.45) is 3.50. The van der Waals surface area contributed by atoms with E-state index in [2.05, 4.69) is 33.8 Å². The third kappa shape index (κ3) is 3.84. The number of pyridine rings is 1. The first-order valence-corrected chi connectivity index (χ1v) is 7.95. The van der Waals surface area contributed by atoms with E-state index >= 15 is 0 Å². The fraction of sp³-hybridized carbons (Fsp3) is 0.389. The molecule has 1 saturated heterocycles. The number of aromatic nitrogens is 1. The minimum atomic E-state index is 0.783. The average molecular weight is 297 g/mol. The van der Waals surface area contributed by atoms with E-state index in [1.807, 2.05) is 24.3 Å². The van der Waals surface area contributed by atoms with Gasteiger partial charge in [0.05, 0.1) is 6.20 Å². The molecule has 3 rings (SSSR count). The van der Waals surface area contributed by atoms with Gasteiger partial charge in [-0.3, -0.25) is 9.88 Å². The van der Waals surface area contributed by atoms with Crippen molar-refractivity contribution in [3.63, 3.8) is 0 Å². The zero-order chi connectivity index (χ0) is 15.2. The number of hydrogen-bond donors (Lipinski definition) is 0. The van der Waals surface area contributed by atoms with E-state index in [4.69, 9.17) is 4.74 Å². The van der Waals surface area contributed by atoms with Crippen molar-refractivity contribution in [3.05, 3.63) is 54.4 Å². The van der Waals surface area contributed by atoms with E-state index in [1.165, 1.54) is 5.56 Å². The zero-order valence-corrected chi connectivity index (χ0v) is 13.1. The lowest BCUT2D eigenvalue weighted by atomic mass is 10.1. The first-order valence-electron chi connectivity index (χ1n) is 7.95. The summed E-state index contributed by atoms with van der Waals surface area (Å²) >= 11 is 0. The highest BCUT2D eigenvalue weighted by atomic mass is 16.5. The Morgan fingerprint density at radius 2 is 1.77 bits per heavy atom. The van der Waals surface area contributed by atoms with E-state index in [1.54, 1.807) is 12.4 Å². The monoisotopic (exact) mass is 297 g/mol. The Balaban J connectivity index is 1.67. The van der Waals surface area contributed by atoms with Crippen LogP contribution in [0.15, 0.2) is 48.8 Å². The van der Waals surface area contributed by atoms with Crippen LogP contribution < -0.4 is 4.74 Å². The molecule has 0 unspecified atom stereocenters. The van der Waals surface area contributed by atoms with Crippen molar-refractivity contribution in [1.82, 2.24) is 14.8 Å². The van der Waals surface area contributed by atoms with Crippen molar-refractivity contribution in [1.29, 1.82) is 0 Å². The molecule has 0 atom stereocenters. The molecule has 1 fully saturated rings. The summed E-state index contributed by atoms with van der Waals surface area (Å²) in [4.78, 5) is 9.10. The molecule has 1 aliphatic heterocycles. The third-order valence-corrected chi connectivity index (χ3v) is 4.14. The zero-order valence-electron chi connectivity index (χ0n) is 13.1. The van der Waals surface area contributed by atoms with Crippen molar-refractivity contribution < 1.29 is 4.74 Å². The molecule has 116 valence electrons. The molecule has 1 aromatic carbocycles. The van der Waals surface area contributed by atoms with Crippen LogP contribution in [0.1, 0.15) is 12.5 Å². The van der Waals surface area contributed by atoms with Gasteiger partial charge in [-0.15, -0.1) is 0 Å². The van der Waals surface area contributed by atoms with Gasteiger partial charge < -0.3 is 9.64 Å². The number of likely N-dealkylation sites (N-methyl/N-ethyl adjacent to an activating group) is 1. The third-order valence-electron chi connectivity index (χ3n) is 4.14. The van der Waals surface area contributed by atoms with E-state index in [-0.39, 0.29) is 0 Å². The minimum Gasteiger partial charge on any atom is -0.455 e.